The van der Waals surface area contributed by atoms with Gasteiger partial charge >= 0.3 is 0 Å². The van der Waals surface area contributed by atoms with Crippen molar-refractivity contribution in [2.75, 3.05) is 37.7 Å². The predicted molar refractivity (Wildman–Crippen MR) is 95.7 cm³/mol. The van der Waals surface area contributed by atoms with Gasteiger partial charge < -0.3 is 10.2 Å². The SMILES string of the molecule is CCNC(=NCCS(=O)(=O)CC)N1CCC(C)(C)C1.I. The highest BCUT2D eigenvalue weighted by atomic mass is 127. The summed E-state index contributed by atoms with van der Waals surface area (Å²) >= 11 is 0. The second-order valence-electron chi connectivity index (χ2n) is 5.81. The van der Waals surface area contributed by atoms with Gasteiger partial charge in [0.2, 0.25) is 0 Å². The zero-order chi connectivity index (χ0) is 14.5. The molecule has 0 amide bonds. The summed E-state index contributed by atoms with van der Waals surface area (Å²) in [6.45, 7) is 11.3. The Hall–Kier alpha value is -0.0500. The Bertz CT molecular complexity index is 421. The smallest absolute Gasteiger partial charge is 0.193 e. The maximum absolute atomic E-state index is 11.5. The fourth-order valence-electron chi connectivity index (χ4n) is 2.15. The third-order valence-electron chi connectivity index (χ3n) is 3.42. The number of nitrogens with one attached hydrogen (secondary N) is 1. The molecule has 5 nitrogen and oxygen atoms in total. The lowest BCUT2D eigenvalue weighted by molar-refractivity contribution is 0.370. The van der Waals surface area contributed by atoms with Crippen molar-refractivity contribution < 1.29 is 8.42 Å². The topological polar surface area (TPSA) is 61.8 Å². The van der Waals surface area contributed by atoms with Crippen LogP contribution in [0, 0.1) is 5.41 Å². The van der Waals surface area contributed by atoms with Crippen LogP contribution in [-0.4, -0.2) is 57.0 Å². The molecule has 1 N–H and O–H groups in total. The van der Waals surface area contributed by atoms with Crippen LogP contribution in [0.4, 0.5) is 0 Å². The number of hydrogen-bond donors (Lipinski definition) is 1. The van der Waals surface area contributed by atoms with Crippen molar-refractivity contribution in [2.45, 2.75) is 34.1 Å². The molecular formula is C13H28IN3O2S. The molecule has 7 heteroatoms. The summed E-state index contributed by atoms with van der Waals surface area (Å²) in [6, 6.07) is 0. The minimum Gasteiger partial charge on any atom is -0.357 e. The monoisotopic (exact) mass is 417 g/mol. The Morgan fingerprint density at radius 1 is 1.35 bits per heavy atom. The molecule has 20 heavy (non-hydrogen) atoms. The van der Waals surface area contributed by atoms with Gasteiger partial charge in [-0.15, -0.1) is 24.0 Å². The molecule has 1 aliphatic rings. The number of halogens is 1. The second-order valence-corrected chi connectivity index (χ2v) is 8.28. The molecule has 0 saturated carbocycles. The van der Waals surface area contributed by atoms with Gasteiger partial charge in [-0.3, -0.25) is 4.99 Å². The summed E-state index contributed by atoms with van der Waals surface area (Å²) in [7, 11) is -2.93. The van der Waals surface area contributed by atoms with E-state index in [9.17, 15) is 8.42 Å². The van der Waals surface area contributed by atoms with Gasteiger partial charge in [0, 0.05) is 25.4 Å². The van der Waals surface area contributed by atoms with Crippen molar-refractivity contribution in [2.24, 2.45) is 10.4 Å². The number of aliphatic imine (C=N–C) groups is 1. The Morgan fingerprint density at radius 3 is 2.45 bits per heavy atom. The highest BCUT2D eigenvalue weighted by molar-refractivity contribution is 14.0. The van der Waals surface area contributed by atoms with E-state index in [1.165, 1.54) is 0 Å². The van der Waals surface area contributed by atoms with Crippen molar-refractivity contribution in [3.8, 4) is 0 Å². The number of guanidine groups is 1. The van der Waals surface area contributed by atoms with Crippen LogP contribution in [0.2, 0.25) is 0 Å². The molecule has 0 atom stereocenters. The van der Waals surface area contributed by atoms with Gasteiger partial charge in [0.1, 0.15) is 0 Å². The van der Waals surface area contributed by atoms with Crippen LogP contribution in [-0.2, 0) is 9.84 Å². The average Bonchev–Trinajstić information content (AvgIpc) is 2.68. The lowest BCUT2D eigenvalue weighted by atomic mass is 9.93. The minimum atomic E-state index is -2.93. The van der Waals surface area contributed by atoms with Gasteiger partial charge in [0.25, 0.3) is 0 Å². The highest BCUT2D eigenvalue weighted by Crippen LogP contribution is 2.28. The lowest BCUT2D eigenvalue weighted by Gasteiger charge is -2.23. The molecule has 0 unspecified atom stereocenters. The Morgan fingerprint density at radius 2 is 2.00 bits per heavy atom. The Labute approximate surface area is 140 Å². The zero-order valence-electron chi connectivity index (χ0n) is 13.0. The van der Waals surface area contributed by atoms with Crippen molar-refractivity contribution in [1.82, 2.24) is 10.2 Å². The highest BCUT2D eigenvalue weighted by Gasteiger charge is 2.30. The van der Waals surface area contributed by atoms with Crippen LogP contribution >= 0.6 is 24.0 Å². The predicted octanol–water partition coefficient (Wildman–Crippen LogP) is 1.74. The Kier molecular flexibility index (Phi) is 8.39. The van der Waals surface area contributed by atoms with E-state index in [1.54, 1.807) is 6.92 Å². The third kappa shape index (κ3) is 6.60. The van der Waals surface area contributed by atoms with Gasteiger partial charge in [-0.2, -0.15) is 0 Å². The second kappa shape index (κ2) is 8.41. The van der Waals surface area contributed by atoms with E-state index in [-0.39, 0.29) is 35.5 Å². The molecule has 0 bridgehead atoms. The molecule has 120 valence electrons. The maximum atomic E-state index is 11.5. The van der Waals surface area contributed by atoms with Gasteiger partial charge in [-0.05, 0) is 18.8 Å². The summed E-state index contributed by atoms with van der Waals surface area (Å²) in [6.07, 6.45) is 1.14. The van der Waals surface area contributed by atoms with E-state index in [1.807, 2.05) is 6.92 Å². The molecule has 0 spiro atoms. The first-order chi connectivity index (χ1) is 8.79. The first-order valence-electron chi connectivity index (χ1n) is 7.03. The van der Waals surface area contributed by atoms with Crippen molar-refractivity contribution >= 4 is 39.8 Å². The number of rotatable bonds is 5. The molecule has 1 saturated heterocycles. The summed E-state index contributed by atoms with van der Waals surface area (Å²) in [4.78, 5) is 6.67. The van der Waals surface area contributed by atoms with E-state index >= 15 is 0 Å². The molecule has 1 heterocycles. The molecule has 0 aromatic heterocycles. The first-order valence-corrected chi connectivity index (χ1v) is 8.85. The van der Waals surface area contributed by atoms with Crippen LogP contribution in [0.3, 0.4) is 0 Å². The summed E-state index contributed by atoms with van der Waals surface area (Å²) in [5.74, 6) is 1.17. The summed E-state index contributed by atoms with van der Waals surface area (Å²) in [5.41, 5.74) is 0.311. The number of hydrogen-bond acceptors (Lipinski definition) is 3. The van der Waals surface area contributed by atoms with Crippen LogP contribution in [0.1, 0.15) is 34.1 Å². The lowest BCUT2D eigenvalue weighted by Crippen LogP contribution is -2.41. The number of sulfone groups is 1. The van der Waals surface area contributed by atoms with E-state index in [2.05, 4.69) is 29.1 Å². The average molecular weight is 417 g/mol. The number of likely N-dealkylation sites (tertiary alicyclic amines) is 1. The van der Waals surface area contributed by atoms with Crippen molar-refractivity contribution in [3.05, 3.63) is 0 Å². The maximum Gasteiger partial charge on any atom is 0.193 e. The van der Waals surface area contributed by atoms with Crippen molar-refractivity contribution in [3.63, 3.8) is 0 Å². The van der Waals surface area contributed by atoms with Crippen LogP contribution in [0.25, 0.3) is 0 Å². The molecule has 0 radical (unpaired) electrons. The van der Waals surface area contributed by atoms with Gasteiger partial charge in [-0.25, -0.2) is 8.42 Å². The fraction of sp³-hybridized carbons (Fsp3) is 0.923. The molecule has 0 aliphatic carbocycles. The van der Waals surface area contributed by atoms with Crippen LogP contribution < -0.4 is 5.32 Å². The molecular weight excluding hydrogens is 389 g/mol. The molecule has 1 fully saturated rings. The van der Waals surface area contributed by atoms with Crippen LogP contribution in [0.15, 0.2) is 4.99 Å². The summed E-state index contributed by atoms with van der Waals surface area (Å²) in [5, 5.41) is 3.25. The van der Waals surface area contributed by atoms with Crippen LogP contribution in [0.5, 0.6) is 0 Å². The normalized spacial score (nSPS) is 18.8. The summed E-state index contributed by atoms with van der Waals surface area (Å²) < 4.78 is 22.9. The fourth-order valence-corrected chi connectivity index (χ4v) is 2.81. The number of nitrogens with zero attached hydrogens (tertiary/aromatic N) is 2. The molecule has 1 rings (SSSR count). The minimum absolute atomic E-state index is 0. The Balaban J connectivity index is 0.00000361. The zero-order valence-corrected chi connectivity index (χ0v) is 16.1. The van der Waals surface area contributed by atoms with Gasteiger partial charge in [0.15, 0.2) is 15.8 Å². The van der Waals surface area contributed by atoms with Gasteiger partial charge in [0.05, 0.1) is 12.3 Å². The molecule has 0 aromatic carbocycles. The molecule has 1 aliphatic heterocycles. The van der Waals surface area contributed by atoms with E-state index in [0.717, 1.165) is 32.0 Å². The largest absolute Gasteiger partial charge is 0.357 e. The first kappa shape index (κ1) is 19.9. The quantitative estimate of drug-likeness (QED) is 0.421. The van der Waals surface area contributed by atoms with E-state index in [4.69, 9.17) is 0 Å². The van der Waals surface area contributed by atoms with E-state index < -0.39 is 9.84 Å². The third-order valence-corrected chi connectivity index (χ3v) is 5.10. The molecule has 0 aromatic rings. The van der Waals surface area contributed by atoms with E-state index in [0.29, 0.717) is 12.0 Å². The van der Waals surface area contributed by atoms with Crippen molar-refractivity contribution in [1.29, 1.82) is 0 Å². The van der Waals surface area contributed by atoms with Gasteiger partial charge in [-0.1, -0.05) is 20.8 Å². The standard InChI is InChI=1S/C13H27N3O2S.HI/c1-5-14-12(15-8-10-19(17,18)6-2)16-9-7-13(3,4)11-16;/h5-11H2,1-4H3,(H,14,15);1H.